The molecule has 2 aromatic rings. The third-order valence-corrected chi connectivity index (χ3v) is 4.73. The van der Waals surface area contributed by atoms with Crippen molar-refractivity contribution in [3.8, 4) is 5.75 Å². The molecule has 0 bridgehead atoms. The van der Waals surface area contributed by atoms with E-state index in [2.05, 4.69) is 0 Å². The van der Waals surface area contributed by atoms with E-state index in [4.69, 9.17) is 9.84 Å². The third-order valence-electron chi connectivity index (χ3n) is 3.99. The fraction of sp³-hybridized carbons (Fsp3) is 0.238. The van der Waals surface area contributed by atoms with Crippen molar-refractivity contribution in [1.29, 1.82) is 0 Å². The van der Waals surface area contributed by atoms with Crippen molar-refractivity contribution in [1.82, 2.24) is 0 Å². The Labute approximate surface area is 170 Å². The van der Waals surface area contributed by atoms with Crippen molar-refractivity contribution in [2.24, 2.45) is 0 Å². The lowest BCUT2D eigenvalue weighted by Crippen LogP contribution is -2.38. The topological polar surface area (TPSA) is 63.6 Å². The summed E-state index contributed by atoms with van der Waals surface area (Å²) < 4.78 is 45.3. The van der Waals surface area contributed by atoms with Gasteiger partial charge in [-0.1, -0.05) is 12.1 Å². The molecule has 0 aliphatic heterocycles. The number of carbonyl (C=O) groups excluding carboxylic acids is 1. The van der Waals surface area contributed by atoms with Gasteiger partial charge in [-0.15, -0.1) is 11.8 Å². The number of carboxylic acids is 1. The first-order valence-corrected chi connectivity index (χ1v) is 9.66. The van der Waals surface area contributed by atoms with Gasteiger partial charge in [0.25, 0.3) is 0 Å². The van der Waals surface area contributed by atoms with Gasteiger partial charge in [0.1, 0.15) is 5.75 Å². The Morgan fingerprint density at radius 2 is 1.69 bits per heavy atom. The van der Waals surface area contributed by atoms with Gasteiger partial charge >= 0.3 is 12.1 Å². The zero-order chi connectivity index (χ0) is 21.8. The number of rotatable bonds is 7. The van der Waals surface area contributed by atoms with Gasteiger partial charge in [0.05, 0.1) is 5.56 Å². The average molecular weight is 424 g/mol. The number of ketones is 1. The highest BCUT2D eigenvalue weighted by atomic mass is 32.2. The van der Waals surface area contributed by atoms with E-state index < -0.39 is 29.1 Å². The average Bonchev–Trinajstić information content (AvgIpc) is 2.65. The van der Waals surface area contributed by atoms with E-state index in [1.54, 1.807) is 24.3 Å². The first-order chi connectivity index (χ1) is 13.4. The molecule has 0 amide bonds. The summed E-state index contributed by atoms with van der Waals surface area (Å²) in [6, 6.07) is 10.0. The molecule has 4 nitrogen and oxygen atoms in total. The Hall–Kier alpha value is -2.74. The van der Waals surface area contributed by atoms with E-state index in [9.17, 15) is 22.8 Å². The van der Waals surface area contributed by atoms with E-state index in [0.717, 1.165) is 30.9 Å². The van der Waals surface area contributed by atoms with Crippen LogP contribution in [0.5, 0.6) is 5.75 Å². The number of allylic oxidation sites excluding steroid dienone is 1. The van der Waals surface area contributed by atoms with Gasteiger partial charge in [-0.2, -0.15) is 13.2 Å². The normalized spacial score (nSPS) is 12.2. The van der Waals surface area contributed by atoms with Crippen LogP contribution in [0, 0.1) is 0 Å². The quantitative estimate of drug-likeness (QED) is 0.358. The van der Waals surface area contributed by atoms with Crippen LogP contribution in [0.2, 0.25) is 0 Å². The van der Waals surface area contributed by atoms with Gasteiger partial charge in [0.2, 0.25) is 0 Å². The van der Waals surface area contributed by atoms with E-state index >= 15 is 0 Å². The number of alkyl halides is 3. The van der Waals surface area contributed by atoms with E-state index in [1.165, 1.54) is 30.0 Å². The SMILES string of the molecule is CSc1ccc(C(=O)C=Cc2ccc(OC(C)(C)C(=O)O)c(C(F)(F)F)c2)cc1. The summed E-state index contributed by atoms with van der Waals surface area (Å²) in [4.78, 5) is 24.4. The lowest BCUT2D eigenvalue weighted by atomic mass is 10.1. The summed E-state index contributed by atoms with van der Waals surface area (Å²) in [5.74, 6) is -2.34. The van der Waals surface area contributed by atoms with Crippen molar-refractivity contribution in [2.45, 2.75) is 30.5 Å². The van der Waals surface area contributed by atoms with Gasteiger partial charge in [-0.25, -0.2) is 4.79 Å². The van der Waals surface area contributed by atoms with Crippen LogP contribution in [-0.2, 0) is 11.0 Å². The molecule has 0 saturated carbocycles. The molecule has 0 saturated heterocycles. The molecule has 0 atom stereocenters. The Bertz CT molecular complexity index is 932. The molecule has 0 fully saturated rings. The summed E-state index contributed by atoms with van der Waals surface area (Å²) in [5, 5.41) is 9.08. The second kappa shape index (κ2) is 8.73. The monoisotopic (exact) mass is 424 g/mol. The second-order valence-corrected chi connectivity index (χ2v) is 7.48. The Morgan fingerprint density at radius 3 is 2.21 bits per heavy atom. The van der Waals surface area contributed by atoms with Gasteiger partial charge < -0.3 is 9.84 Å². The minimum absolute atomic E-state index is 0.131. The molecule has 0 spiro atoms. The van der Waals surface area contributed by atoms with Crippen LogP contribution in [0.3, 0.4) is 0 Å². The summed E-state index contributed by atoms with van der Waals surface area (Å²) in [6.07, 6.45) is -0.400. The Kier molecular flexibility index (Phi) is 6.79. The number of carbonyl (C=O) groups is 2. The standard InChI is InChI=1S/C21H19F3O4S/c1-20(2,19(26)27)28-18-11-5-13(12-16(18)21(22,23)24)4-10-17(25)14-6-8-15(29-3)9-7-14/h4-12H,1-3H3,(H,26,27). The lowest BCUT2D eigenvalue weighted by molar-refractivity contribution is -0.155. The smallest absolute Gasteiger partial charge is 0.419 e. The first kappa shape index (κ1) is 22.5. The van der Waals surface area contributed by atoms with Crippen molar-refractivity contribution in [3.63, 3.8) is 0 Å². The maximum atomic E-state index is 13.4. The molecular formula is C21H19F3O4S. The van der Waals surface area contributed by atoms with Crippen LogP contribution in [0.1, 0.15) is 35.3 Å². The lowest BCUT2D eigenvalue weighted by Gasteiger charge is -2.24. The van der Waals surface area contributed by atoms with Gasteiger partial charge in [0, 0.05) is 10.5 Å². The van der Waals surface area contributed by atoms with Crippen molar-refractivity contribution < 1.29 is 32.6 Å². The van der Waals surface area contributed by atoms with Gasteiger partial charge in [0.15, 0.2) is 11.4 Å². The largest absolute Gasteiger partial charge is 0.478 e. The minimum Gasteiger partial charge on any atom is -0.478 e. The van der Waals surface area contributed by atoms with E-state index in [-0.39, 0.29) is 11.3 Å². The molecule has 0 aromatic heterocycles. The maximum absolute atomic E-state index is 13.4. The minimum atomic E-state index is -4.76. The van der Waals surface area contributed by atoms with Gasteiger partial charge in [-0.05, 0) is 68.1 Å². The number of benzene rings is 2. The molecule has 2 aromatic carbocycles. The first-order valence-electron chi connectivity index (χ1n) is 8.44. The van der Waals surface area contributed by atoms with Crippen LogP contribution >= 0.6 is 11.8 Å². The molecule has 2 rings (SSSR count). The maximum Gasteiger partial charge on any atom is 0.419 e. The van der Waals surface area contributed by atoms with Crippen LogP contribution in [0.15, 0.2) is 53.4 Å². The number of aliphatic carboxylic acids is 1. The van der Waals surface area contributed by atoms with Crippen molar-refractivity contribution in [3.05, 3.63) is 65.2 Å². The third kappa shape index (κ3) is 5.87. The number of halogens is 3. The fourth-order valence-electron chi connectivity index (χ4n) is 2.30. The zero-order valence-electron chi connectivity index (χ0n) is 15.9. The molecule has 0 radical (unpaired) electrons. The molecule has 0 aliphatic carbocycles. The predicted octanol–water partition coefficient (Wildman–Crippen LogP) is 5.57. The molecule has 8 heteroatoms. The van der Waals surface area contributed by atoms with Crippen LogP contribution < -0.4 is 4.74 Å². The second-order valence-electron chi connectivity index (χ2n) is 6.60. The van der Waals surface area contributed by atoms with Crippen LogP contribution in [0.4, 0.5) is 13.2 Å². The zero-order valence-corrected chi connectivity index (χ0v) is 16.7. The Balaban J connectivity index is 2.30. The molecule has 0 unspecified atom stereocenters. The highest BCUT2D eigenvalue weighted by Gasteiger charge is 2.38. The van der Waals surface area contributed by atoms with Crippen molar-refractivity contribution >= 4 is 29.6 Å². The number of ether oxygens (including phenoxy) is 1. The van der Waals surface area contributed by atoms with Gasteiger partial charge in [-0.3, -0.25) is 4.79 Å². The predicted molar refractivity (Wildman–Crippen MR) is 105 cm³/mol. The summed E-state index contributed by atoms with van der Waals surface area (Å²) in [7, 11) is 0. The molecule has 0 aliphatic rings. The van der Waals surface area contributed by atoms with Crippen LogP contribution in [0.25, 0.3) is 6.08 Å². The number of carboxylic acid groups (broad SMARTS) is 1. The Morgan fingerprint density at radius 1 is 1.07 bits per heavy atom. The highest BCUT2D eigenvalue weighted by Crippen LogP contribution is 2.38. The number of hydrogen-bond acceptors (Lipinski definition) is 4. The van der Waals surface area contributed by atoms with E-state index in [1.807, 2.05) is 6.26 Å². The molecule has 1 N–H and O–H groups in total. The summed E-state index contributed by atoms with van der Waals surface area (Å²) in [5.41, 5.74) is -2.41. The fourth-order valence-corrected chi connectivity index (χ4v) is 2.71. The molecule has 29 heavy (non-hydrogen) atoms. The number of hydrogen-bond donors (Lipinski definition) is 1. The highest BCUT2D eigenvalue weighted by molar-refractivity contribution is 7.98. The van der Waals surface area contributed by atoms with E-state index in [0.29, 0.717) is 5.56 Å². The molecular weight excluding hydrogens is 405 g/mol. The summed E-state index contributed by atoms with van der Waals surface area (Å²) >= 11 is 1.53. The molecule has 0 heterocycles. The number of thioether (sulfide) groups is 1. The summed E-state index contributed by atoms with van der Waals surface area (Å²) in [6.45, 7) is 2.31. The molecule has 154 valence electrons. The van der Waals surface area contributed by atoms with Crippen molar-refractivity contribution in [2.75, 3.05) is 6.26 Å². The van der Waals surface area contributed by atoms with Crippen LogP contribution in [-0.4, -0.2) is 28.7 Å².